The molecule has 0 atom stereocenters. The van der Waals surface area contributed by atoms with Crippen LogP contribution in [0.15, 0.2) is 18.2 Å². The largest absolute Gasteiger partial charge is 0.497 e. The number of rotatable bonds is 6. The summed E-state index contributed by atoms with van der Waals surface area (Å²) >= 11 is 0. The molecule has 0 aromatic heterocycles. The number of benzene rings is 1. The fourth-order valence-electron chi connectivity index (χ4n) is 2.74. The Balaban J connectivity index is 2.16. The van der Waals surface area contributed by atoms with Crippen LogP contribution in [-0.4, -0.2) is 30.3 Å². The molecule has 1 aromatic carbocycles. The molecule has 2 N–H and O–H groups in total. The predicted molar refractivity (Wildman–Crippen MR) is 76.1 cm³/mol. The highest BCUT2D eigenvalue weighted by molar-refractivity contribution is 5.64. The number of aliphatic hydroxyl groups is 1. The van der Waals surface area contributed by atoms with Crippen molar-refractivity contribution in [3.05, 3.63) is 28.3 Å². The highest BCUT2D eigenvalue weighted by Gasteiger charge is 2.33. The zero-order valence-corrected chi connectivity index (χ0v) is 11.6. The summed E-state index contributed by atoms with van der Waals surface area (Å²) in [6.07, 6.45) is 4.10. The Morgan fingerprint density at radius 3 is 2.70 bits per heavy atom. The molecule has 6 nitrogen and oxygen atoms in total. The Kier molecular flexibility index (Phi) is 4.44. The van der Waals surface area contributed by atoms with E-state index in [1.165, 1.54) is 13.2 Å². The molecule has 0 saturated heterocycles. The Morgan fingerprint density at radius 2 is 2.15 bits per heavy atom. The van der Waals surface area contributed by atoms with E-state index in [2.05, 4.69) is 5.32 Å². The number of nitro benzene ring substituents is 1. The van der Waals surface area contributed by atoms with Crippen LogP contribution in [0.25, 0.3) is 0 Å². The summed E-state index contributed by atoms with van der Waals surface area (Å²) in [5.74, 6) is 0.572. The van der Waals surface area contributed by atoms with Crippen LogP contribution in [0.2, 0.25) is 0 Å². The van der Waals surface area contributed by atoms with E-state index in [1.807, 2.05) is 0 Å². The predicted octanol–water partition coefficient (Wildman–Crippen LogP) is 2.57. The molecule has 1 saturated carbocycles. The maximum atomic E-state index is 11.0. The van der Waals surface area contributed by atoms with Gasteiger partial charge in [-0.2, -0.15) is 0 Å². The molecule has 6 heteroatoms. The molecule has 0 unspecified atom stereocenters. The van der Waals surface area contributed by atoms with Crippen molar-refractivity contribution in [3.8, 4) is 5.75 Å². The normalized spacial score (nSPS) is 16.9. The molecule has 110 valence electrons. The summed E-state index contributed by atoms with van der Waals surface area (Å²) in [6, 6.07) is 4.63. The van der Waals surface area contributed by atoms with Crippen molar-refractivity contribution < 1.29 is 14.8 Å². The fourth-order valence-corrected chi connectivity index (χ4v) is 2.74. The van der Waals surface area contributed by atoms with Crippen molar-refractivity contribution in [2.45, 2.75) is 25.7 Å². The summed E-state index contributed by atoms with van der Waals surface area (Å²) in [5, 5.41) is 23.7. The van der Waals surface area contributed by atoms with Gasteiger partial charge < -0.3 is 15.2 Å². The van der Waals surface area contributed by atoms with Gasteiger partial charge >= 0.3 is 0 Å². The first-order chi connectivity index (χ1) is 9.60. The van der Waals surface area contributed by atoms with Crippen molar-refractivity contribution in [2.75, 3.05) is 25.6 Å². The summed E-state index contributed by atoms with van der Waals surface area (Å²) < 4.78 is 5.10. The number of nitrogens with one attached hydrogen (secondary N) is 1. The number of aliphatic hydroxyl groups excluding tert-OH is 1. The number of hydrogen-bond acceptors (Lipinski definition) is 5. The number of nitrogens with zero attached hydrogens (tertiary/aromatic N) is 1. The molecule has 0 heterocycles. The average molecular weight is 280 g/mol. The number of ether oxygens (including phenoxy) is 1. The van der Waals surface area contributed by atoms with E-state index in [-0.39, 0.29) is 17.7 Å². The lowest BCUT2D eigenvalue weighted by molar-refractivity contribution is -0.384. The summed E-state index contributed by atoms with van der Waals surface area (Å²) in [5.41, 5.74) is 0.308. The van der Waals surface area contributed by atoms with E-state index in [9.17, 15) is 15.2 Å². The van der Waals surface area contributed by atoms with Gasteiger partial charge in [0.1, 0.15) is 11.4 Å². The van der Waals surface area contributed by atoms with Crippen molar-refractivity contribution in [3.63, 3.8) is 0 Å². The molecule has 20 heavy (non-hydrogen) atoms. The lowest BCUT2D eigenvalue weighted by Gasteiger charge is -2.27. The third-order valence-electron chi connectivity index (χ3n) is 4.05. The highest BCUT2D eigenvalue weighted by atomic mass is 16.6. The molecule has 0 bridgehead atoms. The second-order valence-electron chi connectivity index (χ2n) is 5.36. The number of nitro groups is 1. The van der Waals surface area contributed by atoms with E-state index in [1.54, 1.807) is 12.1 Å². The fraction of sp³-hybridized carbons (Fsp3) is 0.571. The quantitative estimate of drug-likeness (QED) is 0.618. The third kappa shape index (κ3) is 3.01. The van der Waals surface area contributed by atoms with Crippen molar-refractivity contribution in [2.24, 2.45) is 5.41 Å². The van der Waals surface area contributed by atoms with Crippen LogP contribution in [0.3, 0.4) is 0 Å². The standard InChI is InChI=1S/C14H20N2O4/c1-20-11-4-5-13(16(18)19)12(8-11)15-9-14(10-17)6-2-3-7-14/h4-5,8,15,17H,2-3,6-7,9-10H2,1H3. The third-order valence-corrected chi connectivity index (χ3v) is 4.05. The molecule has 0 amide bonds. The SMILES string of the molecule is COc1ccc([N+](=O)[O-])c(NCC2(CO)CCCC2)c1. The van der Waals surface area contributed by atoms with Gasteiger partial charge in [-0.3, -0.25) is 10.1 Å². The lowest BCUT2D eigenvalue weighted by Crippen LogP contribution is -2.30. The Morgan fingerprint density at radius 1 is 1.45 bits per heavy atom. The second-order valence-corrected chi connectivity index (χ2v) is 5.36. The Hall–Kier alpha value is -1.82. The maximum Gasteiger partial charge on any atom is 0.292 e. The van der Waals surface area contributed by atoms with E-state index in [0.29, 0.717) is 18.0 Å². The highest BCUT2D eigenvalue weighted by Crippen LogP contribution is 2.38. The lowest BCUT2D eigenvalue weighted by atomic mass is 9.87. The second kappa shape index (κ2) is 6.09. The number of anilines is 1. The molecule has 1 aromatic rings. The van der Waals surface area contributed by atoms with Crippen LogP contribution in [0.4, 0.5) is 11.4 Å². The molecule has 1 aliphatic rings. The molecular formula is C14H20N2O4. The number of hydrogen-bond donors (Lipinski definition) is 2. The molecule has 1 aliphatic carbocycles. The van der Waals surface area contributed by atoms with Gasteiger partial charge in [0.05, 0.1) is 18.6 Å². The van der Waals surface area contributed by atoms with Crippen molar-refractivity contribution >= 4 is 11.4 Å². The molecule has 0 radical (unpaired) electrons. The van der Waals surface area contributed by atoms with Gasteiger partial charge in [-0.15, -0.1) is 0 Å². The van der Waals surface area contributed by atoms with Gasteiger partial charge in [-0.25, -0.2) is 0 Å². The zero-order chi connectivity index (χ0) is 14.6. The minimum Gasteiger partial charge on any atom is -0.497 e. The first-order valence-corrected chi connectivity index (χ1v) is 6.77. The van der Waals surface area contributed by atoms with Crippen LogP contribution in [0.5, 0.6) is 5.75 Å². The maximum absolute atomic E-state index is 11.0. The van der Waals surface area contributed by atoms with Crippen LogP contribution in [-0.2, 0) is 0 Å². The number of methoxy groups -OCH3 is 1. The average Bonchev–Trinajstić information content (AvgIpc) is 2.94. The molecule has 1 fully saturated rings. The molecule has 0 aliphatic heterocycles. The van der Waals surface area contributed by atoms with E-state index in [0.717, 1.165) is 25.7 Å². The van der Waals surface area contributed by atoms with Gasteiger partial charge in [0.15, 0.2) is 0 Å². The minimum atomic E-state index is -0.415. The van der Waals surface area contributed by atoms with Crippen LogP contribution in [0, 0.1) is 15.5 Å². The van der Waals surface area contributed by atoms with Gasteiger partial charge in [-0.1, -0.05) is 12.8 Å². The van der Waals surface area contributed by atoms with Gasteiger partial charge in [0, 0.05) is 24.1 Å². The zero-order valence-electron chi connectivity index (χ0n) is 11.6. The topological polar surface area (TPSA) is 84.6 Å². The summed E-state index contributed by atoms with van der Waals surface area (Å²) in [6.45, 7) is 0.648. The monoisotopic (exact) mass is 280 g/mol. The van der Waals surface area contributed by atoms with Crippen molar-refractivity contribution in [1.29, 1.82) is 0 Å². The Labute approximate surface area is 117 Å². The summed E-state index contributed by atoms with van der Waals surface area (Å²) in [4.78, 5) is 10.6. The Bertz CT molecular complexity index is 484. The van der Waals surface area contributed by atoms with E-state index in [4.69, 9.17) is 4.74 Å². The van der Waals surface area contributed by atoms with Gasteiger partial charge in [-0.05, 0) is 18.9 Å². The van der Waals surface area contributed by atoms with E-state index < -0.39 is 4.92 Å². The first kappa shape index (κ1) is 14.6. The van der Waals surface area contributed by atoms with Crippen LogP contribution >= 0.6 is 0 Å². The first-order valence-electron chi connectivity index (χ1n) is 6.77. The smallest absolute Gasteiger partial charge is 0.292 e. The summed E-state index contributed by atoms with van der Waals surface area (Å²) in [7, 11) is 1.52. The van der Waals surface area contributed by atoms with E-state index >= 15 is 0 Å². The van der Waals surface area contributed by atoms with Gasteiger partial charge in [0.25, 0.3) is 5.69 Å². The minimum absolute atomic E-state index is 0.0249. The van der Waals surface area contributed by atoms with Crippen LogP contribution < -0.4 is 10.1 Å². The molecule has 0 spiro atoms. The van der Waals surface area contributed by atoms with Crippen LogP contribution in [0.1, 0.15) is 25.7 Å². The van der Waals surface area contributed by atoms with Gasteiger partial charge in [0.2, 0.25) is 0 Å². The van der Waals surface area contributed by atoms with Crippen molar-refractivity contribution in [1.82, 2.24) is 0 Å². The molecule has 2 rings (SSSR count). The molecular weight excluding hydrogens is 260 g/mol.